The molecule has 32 heavy (non-hydrogen) atoms. The highest BCUT2D eigenvalue weighted by molar-refractivity contribution is 5.80. The van der Waals surface area contributed by atoms with E-state index in [9.17, 15) is 0 Å². The van der Waals surface area contributed by atoms with Crippen molar-refractivity contribution < 1.29 is 14.2 Å². The number of nitrogens with one attached hydrogen (secondary N) is 2. The van der Waals surface area contributed by atoms with Gasteiger partial charge in [-0.2, -0.15) is 0 Å². The Labute approximate surface area is 191 Å². The molecule has 0 atom stereocenters. The minimum absolute atomic E-state index is 0.415. The van der Waals surface area contributed by atoms with Crippen molar-refractivity contribution in [3.8, 4) is 17.2 Å². The van der Waals surface area contributed by atoms with Crippen LogP contribution in [0.3, 0.4) is 0 Å². The molecule has 0 saturated carbocycles. The Kier molecular flexibility index (Phi) is 8.90. The van der Waals surface area contributed by atoms with Crippen molar-refractivity contribution >= 4 is 11.6 Å². The van der Waals surface area contributed by atoms with Gasteiger partial charge in [-0.05, 0) is 38.3 Å². The summed E-state index contributed by atoms with van der Waals surface area (Å²) in [5.41, 5.74) is 2.29. The van der Waals surface area contributed by atoms with E-state index in [-0.39, 0.29) is 0 Å². The van der Waals surface area contributed by atoms with Crippen LogP contribution < -0.4 is 29.7 Å². The van der Waals surface area contributed by atoms with Crippen LogP contribution in [0, 0.1) is 0 Å². The molecule has 1 aliphatic rings. The van der Waals surface area contributed by atoms with Crippen molar-refractivity contribution in [2.24, 2.45) is 4.99 Å². The fourth-order valence-corrected chi connectivity index (χ4v) is 4.04. The van der Waals surface area contributed by atoms with E-state index in [1.807, 2.05) is 12.1 Å². The Morgan fingerprint density at radius 1 is 1.00 bits per heavy atom. The van der Waals surface area contributed by atoms with Gasteiger partial charge < -0.3 is 29.7 Å². The SMILES string of the molecule is CCNC(=NCCc1c(OC)cc(OC)cc1OC)NC1CCN(c2ccccc2)CC1. The Morgan fingerprint density at radius 3 is 2.22 bits per heavy atom. The molecule has 2 aromatic carbocycles. The van der Waals surface area contributed by atoms with Gasteiger partial charge in [0.25, 0.3) is 0 Å². The van der Waals surface area contributed by atoms with Gasteiger partial charge in [-0.1, -0.05) is 18.2 Å². The highest BCUT2D eigenvalue weighted by Gasteiger charge is 2.20. The molecule has 0 bridgehead atoms. The molecule has 3 rings (SSSR count). The molecule has 0 unspecified atom stereocenters. The molecule has 0 aliphatic carbocycles. The zero-order valence-electron chi connectivity index (χ0n) is 19.7. The number of ether oxygens (including phenoxy) is 3. The second-order valence-electron chi connectivity index (χ2n) is 7.76. The summed E-state index contributed by atoms with van der Waals surface area (Å²) in [5.74, 6) is 3.07. The summed E-state index contributed by atoms with van der Waals surface area (Å²) in [7, 11) is 4.96. The van der Waals surface area contributed by atoms with Crippen LogP contribution in [0.4, 0.5) is 5.69 Å². The zero-order chi connectivity index (χ0) is 22.8. The number of rotatable bonds is 9. The molecule has 2 aromatic rings. The van der Waals surface area contributed by atoms with Crippen LogP contribution in [-0.2, 0) is 6.42 Å². The van der Waals surface area contributed by atoms with Gasteiger partial charge in [-0.15, -0.1) is 0 Å². The predicted octanol–water partition coefficient (Wildman–Crippen LogP) is 3.48. The standard InChI is InChI=1S/C25H36N4O3/c1-5-26-25(28-19-12-15-29(16-13-19)20-9-7-6-8-10-20)27-14-11-22-23(31-3)17-21(30-2)18-24(22)32-4/h6-10,17-19H,5,11-16H2,1-4H3,(H2,26,27,28). The molecule has 7 nitrogen and oxygen atoms in total. The fraction of sp³-hybridized carbons (Fsp3) is 0.480. The summed E-state index contributed by atoms with van der Waals surface area (Å²) >= 11 is 0. The van der Waals surface area contributed by atoms with Crippen LogP contribution in [0.1, 0.15) is 25.3 Å². The maximum atomic E-state index is 5.56. The number of aliphatic imine (C=N–C) groups is 1. The molecule has 0 radical (unpaired) electrons. The molecule has 1 heterocycles. The molecule has 0 aromatic heterocycles. The van der Waals surface area contributed by atoms with Gasteiger partial charge in [0.15, 0.2) is 5.96 Å². The van der Waals surface area contributed by atoms with Crippen molar-refractivity contribution in [3.05, 3.63) is 48.0 Å². The minimum Gasteiger partial charge on any atom is -0.496 e. The molecule has 7 heteroatoms. The lowest BCUT2D eigenvalue weighted by molar-refractivity contribution is 0.369. The average Bonchev–Trinajstić information content (AvgIpc) is 2.85. The van der Waals surface area contributed by atoms with Gasteiger partial charge in [-0.3, -0.25) is 4.99 Å². The molecule has 0 spiro atoms. The quantitative estimate of drug-likeness (QED) is 0.460. The minimum atomic E-state index is 0.415. The smallest absolute Gasteiger partial charge is 0.191 e. The van der Waals surface area contributed by atoms with Crippen molar-refractivity contribution in [2.45, 2.75) is 32.2 Å². The van der Waals surface area contributed by atoms with Gasteiger partial charge in [-0.25, -0.2) is 0 Å². The Balaban J connectivity index is 1.59. The van der Waals surface area contributed by atoms with Crippen LogP contribution in [-0.4, -0.2) is 59.5 Å². The second-order valence-corrected chi connectivity index (χ2v) is 7.76. The summed E-state index contributed by atoms with van der Waals surface area (Å²) in [6.45, 7) is 5.62. The van der Waals surface area contributed by atoms with E-state index >= 15 is 0 Å². The lowest BCUT2D eigenvalue weighted by atomic mass is 10.0. The third-order valence-corrected chi connectivity index (χ3v) is 5.75. The molecular formula is C25H36N4O3. The maximum Gasteiger partial charge on any atom is 0.191 e. The normalized spacial score (nSPS) is 14.8. The summed E-state index contributed by atoms with van der Waals surface area (Å²) in [5, 5.41) is 7.00. The molecule has 1 aliphatic heterocycles. The van der Waals surface area contributed by atoms with E-state index in [0.717, 1.165) is 55.5 Å². The average molecular weight is 441 g/mol. The van der Waals surface area contributed by atoms with Gasteiger partial charge in [0.05, 0.1) is 21.3 Å². The number of benzene rings is 2. The van der Waals surface area contributed by atoms with E-state index in [0.29, 0.717) is 24.8 Å². The molecule has 0 amide bonds. The Bertz CT molecular complexity index is 840. The maximum absolute atomic E-state index is 5.56. The first-order chi connectivity index (χ1) is 15.7. The van der Waals surface area contributed by atoms with E-state index < -0.39 is 0 Å². The number of anilines is 1. The fourth-order valence-electron chi connectivity index (χ4n) is 4.04. The Morgan fingerprint density at radius 2 is 1.66 bits per heavy atom. The first-order valence-corrected chi connectivity index (χ1v) is 11.3. The monoisotopic (exact) mass is 440 g/mol. The third kappa shape index (κ3) is 6.22. The number of methoxy groups -OCH3 is 3. The summed E-state index contributed by atoms with van der Waals surface area (Å²) < 4.78 is 16.5. The molecule has 1 saturated heterocycles. The van der Waals surface area contributed by atoms with E-state index in [2.05, 4.69) is 52.8 Å². The van der Waals surface area contributed by atoms with E-state index in [1.165, 1.54) is 5.69 Å². The van der Waals surface area contributed by atoms with Crippen molar-refractivity contribution in [3.63, 3.8) is 0 Å². The first kappa shape index (κ1) is 23.6. The second kappa shape index (κ2) is 12.1. The number of piperidine rings is 1. The topological polar surface area (TPSA) is 67.4 Å². The first-order valence-electron chi connectivity index (χ1n) is 11.3. The van der Waals surface area contributed by atoms with Crippen LogP contribution in [0.5, 0.6) is 17.2 Å². The van der Waals surface area contributed by atoms with Gasteiger partial charge >= 0.3 is 0 Å². The summed E-state index contributed by atoms with van der Waals surface area (Å²) in [6, 6.07) is 14.8. The van der Waals surface area contributed by atoms with Crippen molar-refractivity contribution in [2.75, 3.05) is 52.4 Å². The number of guanidine groups is 1. The lowest BCUT2D eigenvalue weighted by Crippen LogP contribution is -2.48. The van der Waals surface area contributed by atoms with Crippen molar-refractivity contribution in [1.29, 1.82) is 0 Å². The van der Waals surface area contributed by atoms with E-state index in [4.69, 9.17) is 19.2 Å². The van der Waals surface area contributed by atoms with Crippen LogP contribution in [0.2, 0.25) is 0 Å². The number of nitrogens with zero attached hydrogens (tertiary/aromatic N) is 2. The van der Waals surface area contributed by atoms with Gasteiger partial charge in [0.2, 0.25) is 0 Å². The van der Waals surface area contributed by atoms with Gasteiger partial charge in [0.1, 0.15) is 17.2 Å². The largest absolute Gasteiger partial charge is 0.496 e. The summed E-state index contributed by atoms with van der Waals surface area (Å²) in [4.78, 5) is 7.26. The number of hydrogen-bond acceptors (Lipinski definition) is 5. The Hall–Kier alpha value is -3.09. The highest BCUT2D eigenvalue weighted by atomic mass is 16.5. The lowest BCUT2D eigenvalue weighted by Gasteiger charge is -2.34. The van der Waals surface area contributed by atoms with Gasteiger partial charge in [0, 0.05) is 55.6 Å². The number of hydrogen-bond donors (Lipinski definition) is 2. The third-order valence-electron chi connectivity index (χ3n) is 5.75. The van der Waals surface area contributed by atoms with Crippen molar-refractivity contribution in [1.82, 2.24) is 10.6 Å². The van der Waals surface area contributed by atoms with Crippen LogP contribution >= 0.6 is 0 Å². The molecule has 174 valence electrons. The number of para-hydroxylation sites is 1. The summed E-state index contributed by atoms with van der Waals surface area (Å²) in [6.07, 6.45) is 2.87. The van der Waals surface area contributed by atoms with Crippen LogP contribution in [0.15, 0.2) is 47.5 Å². The predicted molar refractivity (Wildman–Crippen MR) is 131 cm³/mol. The van der Waals surface area contributed by atoms with E-state index in [1.54, 1.807) is 21.3 Å². The highest BCUT2D eigenvalue weighted by Crippen LogP contribution is 2.34. The molecule has 1 fully saturated rings. The molecular weight excluding hydrogens is 404 g/mol. The van der Waals surface area contributed by atoms with Crippen LogP contribution in [0.25, 0.3) is 0 Å². The zero-order valence-corrected chi connectivity index (χ0v) is 19.7. The molecule has 2 N–H and O–H groups in total.